The van der Waals surface area contributed by atoms with Crippen LogP contribution in [0.3, 0.4) is 0 Å². The fraction of sp³-hybridized carbons (Fsp3) is 0.308. The first-order chi connectivity index (χ1) is 8.37. The number of nitriles is 2. The molecule has 0 aliphatic carbocycles. The standard InChI is InChI=1S/C13H13N3O2/c1-13(2,3)18-12(17)16-11-6-4-5-9(7-14)10(11)8-15/h4-6H,1-3H3,(H,16,17). The lowest BCUT2D eigenvalue weighted by Crippen LogP contribution is -2.27. The smallest absolute Gasteiger partial charge is 0.412 e. The average molecular weight is 243 g/mol. The molecule has 0 bridgehead atoms. The van der Waals surface area contributed by atoms with E-state index in [4.69, 9.17) is 15.3 Å². The zero-order valence-electron chi connectivity index (χ0n) is 10.4. The summed E-state index contributed by atoms with van der Waals surface area (Å²) in [5.41, 5.74) is -0.00767. The quantitative estimate of drug-likeness (QED) is 0.821. The molecule has 5 nitrogen and oxygen atoms in total. The minimum absolute atomic E-state index is 0.130. The predicted molar refractivity (Wildman–Crippen MR) is 65.7 cm³/mol. The molecule has 0 saturated carbocycles. The van der Waals surface area contributed by atoms with E-state index in [1.54, 1.807) is 32.9 Å². The van der Waals surface area contributed by atoms with Gasteiger partial charge in [0.05, 0.1) is 16.8 Å². The first kappa shape index (κ1) is 13.5. The molecule has 5 heteroatoms. The van der Waals surface area contributed by atoms with Gasteiger partial charge in [0.2, 0.25) is 0 Å². The molecule has 0 spiro atoms. The highest BCUT2D eigenvalue weighted by molar-refractivity contribution is 5.87. The number of hydrogen-bond acceptors (Lipinski definition) is 4. The van der Waals surface area contributed by atoms with E-state index in [2.05, 4.69) is 5.32 Å². The summed E-state index contributed by atoms with van der Waals surface area (Å²) in [7, 11) is 0. The molecule has 1 N–H and O–H groups in total. The second-order valence-corrected chi connectivity index (χ2v) is 4.58. The van der Waals surface area contributed by atoms with Crippen molar-refractivity contribution in [2.75, 3.05) is 5.32 Å². The molecule has 0 atom stereocenters. The third-order valence-electron chi connectivity index (χ3n) is 1.93. The number of nitrogens with one attached hydrogen (secondary N) is 1. The highest BCUT2D eigenvalue weighted by Crippen LogP contribution is 2.19. The van der Waals surface area contributed by atoms with Crippen molar-refractivity contribution in [2.45, 2.75) is 26.4 Å². The Balaban J connectivity index is 2.97. The zero-order valence-corrected chi connectivity index (χ0v) is 10.4. The Bertz CT molecular complexity index is 545. The van der Waals surface area contributed by atoms with Crippen molar-refractivity contribution in [1.82, 2.24) is 0 Å². The van der Waals surface area contributed by atoms with Gasteiger partial charge in [-0.1, -0.05) is 6.07 Å². The Morgan fingerprint density at radius 2 is 1.94 bits per heavy atom. The molecule has 0 fully saturated rings. The number of benzene rings is 1. The lowest BCUT2D eigenvalue weighted by molar-refractivity contribution is 0.0636. The van der Waals surface area contributed by atoms with E-state index in [0.717, 1.165) is 0 Å². The van der Waals surface area contributed by atoms with Crippen LogP contribution in [0.15, 0.2) is 18.2 Å². The van der Waals surface area contributed by atoms with Crippen LogP contribution in [0.5, 0.6) is 0 Å². The van der Waals surface area contributed by atoms with Crippen LogP contribution in [0.2, 0.25) is 0 Å². The number of carbonyl (C=O) groups is 1. The SMILES string of the molecule is CC(C)(C)OC(=O)Nc1cccc(C#N)c1C#N. The highest BCUT2D eigenvalue weighted by atomic mass is 16.6. The fourth-order valence-corrected chi connectivity index (χ4v) is 1.28. The molecule has 0 heterocycles. The maximum absolute atomic E-state index is 11.6. The zero-order chi connectivity index (χ0) is 13.8. The van der Waals surface area contributed by atoms with E-state index in [1.165, 1.54) is 6.07 Å². The first-order valence-corrected chi connectivity index (χ1v) is 5.30. The van der Waals surface area contributed by atoms with Crippen LogP contribution in [0, 0.1) is 22.7 Å². The lowest BCUT2D eigenvalue weighted by Gasteiger charge is -2.20. The molecule has 0 aromatic heterocycles. The van der Waals surface area contributed by atoms with E-state index in [9.17, 15) is 4.79 Å². The molecule has 18 heavy (non-hydrogen) atoms. The topological polar surface area (TPSA) is 85.9 Å². The minimum atomic E-state index is -0.658. The van der Waals surface area contributed by atoms with Gasteiger partial charge >= 0.3 is 6.09 Å². The fourth-order valence-electron chi connectivity index (χ4n) is 1.28. The van der Waals surface area contributed by atoms with Crippen molar-refractivity contribution in [3.05, 3.63) is 29.3 Å². The largest absolute Gasteiger partial charge is 0.444 e. The Labute approximate surface area is 106 Å². The molecule has 0 radical (unpaired) electrons. The number of nitrogens with zero attached hydrogens (tertiary/aromatic N) is 2. The van der Waals surface area contributed by atoms with Gasteiger partial charge in [-0.3, -0.25) is 5.32 Å². The summed E-state index contributed by atoms with van der Waals surface area (Å²) in [6.07, 6.45) is -0.658. The maximum atomic E-state index is 11.6. The van der Waals surface area contributed by atoms with Gasteiger partial charge in [-0.15, -0.1) is 0 Å². The van der Waals surface area contributed by atoms with Gasteiger partial charge in [-0.2, -0.15) is 10.5 Å². The third-order valence-corrected chi connectivity index (χ3v) is 1.93. The Morgan fingerprint density at radius 1 is 1.28 bits per heavy atom. The molecular weight excluding hydrogens is 230 g/mol. The third kappa shape index (κ3) is 3.50. The molecule has 0 aliphatic heterocycles. The van der Waals surface area contributed by atoms with Crippen LogP contribution in [0.1, 0.15) is 31.9 Å². The van der Waals surface area contributed by atoms with E-state index in [-0.39, 0.29) is 16.8 Å². The molecule has 0 saturated heterocycles. The summed E-state index contributed by atoms with van der Waals surface area (Å²) >= 11 is 0. The molecular formula is C13H13N3O2. The van der Waals surface area contributed by atoms with Crippen molar-refractivity contribution in [3.8, 4) is 12.1 Å². The number of carbonyl (C=O) groups excluding carboxylic acids is 1. The van der Waals surface area contributed by atoms with Crippen molar-refractivity contribution >= 4 is 11.8 Å². The van der Waals surface area contributed by atoms with Crippen molar-refractivity contribution in [1.29, 1.82) is 10.5 Å². The lowest BCUT2D eigenvalue weighted by atomic mass is 10.1. The minimum Gasteiger partial charge on any atom is -0.444 e. The summed E-state index contributed by atoms with van der Waals surface area (Å²) < 4.78 is 5.07. The average Bonchev–Trinajstić information content (AvgIpc) is 2.25. The second kappa shape index (κ2) is 5.20. The van der Waals surface area contributed by atoms with Gasteiger partial charge in [0, 0.05) is 0 Å². The Morgan fingerprint density at radius 3 is 2.44 bits per heavy atom. The predicted octanol–water partition coefficient (Wildman–Crippen LogP) is 2.78. The molecule has 0 aliphatic rings. The summed E-state index contributed by atoms with van der Waals surface area (Å²) in [6, 6.07) is 8.43. The number of amides is 1. The number of ether oxygens (including phenoxy) is 1. The number of hydrogen-bond donors (Lipinski definition) is 1. The van der Waals surface area contributed by atoms with E-state index in [0.29, 0.717) is 0 Å². The van der Waals surface area contributed by atoms with Crippen LogP contribution < -0.4 is 5.32 Å². The van der Waals surface area contributed by atoms with Crippen molar-refractivity contribution < 1.29 is 9.53 Å². The second-order valence-electron chi connectivity index (χ2n) is 4.58. The molecule has 1 amide bonds. The summed E-state index contributed by atoms with van der Waals surface area (Å²) in [6.45, 7) is 5.22. The van der Waals surface area contributed by atoms with E-state index < -0.39 is 11.7 Å². The van der Waals surface area contributed by atoms with Crippen LogP contribution in [-0.2, 0) is 4.74 Å². The molecule has 92 valence electrons. The Kier molecular flexibility index (Phi) is 3.91. The molecule has 1 aromatic carbocycles. The van der Waals surface area contributed by atoms with Crippen LogP contribution in [0.25, 0.3) is 0 Å². The maximum Gasteiger partial charge on any atom is 0.412 e. The monoisotopic (exact) mass is 243 g/mol. The molecule has 1 rings (SSSR count). The van der Waals surface area contributed by atoms with Gasteiger partial charge < -0.3 is 4.74 Å². The summed E-state index contributed by atoms with van der Waals surface area (Å²) in [4.78, 5) is 11.6. The van der Waals surface area contributed by atoms with Crippen LogP contribution in [-0.4, -0.2) is 11.7 Å². The number of rotatable bonds is 1. The van der Waals surface area contributed by atoms with Gasteiger partial charge in [-0.25, -0.2) is 4.79 Å². The van der Waals surface area contributed by atoms with Crippen LogP contribution >= 0.6 is 0 Å². The van der Waals surface area contributed by atoms with Crippen molar-refractivity contribution in [2.24, 2.45) is 0 Å². The van der Waals surface area contributed by atoms with Crippen molar-refractivity contribution in [3.63, 3.8) is 0 Å². The summed E-state index contributed by atoms with van der Waals surface area (Å²) in [5, 5.41) is 20.3. The van der Waals surface area contributed by atoms with Crippen LogP contribution in [0.4, 0.5) is 10.5 Å². The van der Waals surface area contributed by atoms with Gasteiger partial charge in [-0.05, 0) is 32.9 Å². The van der Waals surface area contributed by atoms with E-state index >= 15 is 0 Å². The normalized spacial score (nSPS) is 10.1. The first-order valence-electron chi connectivity index (χ1n) is 5.30. The van der Waals surface area contributed by atoms with Gasteiger partial charge in [0.1, 0.15) is 17.7 Å². The molecule has 0 unspecified atom stereocenters. The highest BCUT2D eigenvalue weighted by Gasteiger charge is 2.17. The number of anilines is 1. The van der Waals surface area contributed by atoms with E-state index in [1.807, 2.05) is 12.1 Å². The van der Waals surface area contributed by atoms with Gasteiger partial charge in [0.15, 0.2) is 0 Å². The Hall–Kier alpha value is -2.53. The van der Waals surface area contributed by atoms with Gasteiger partial charge in [0.25, 0.3) is 0 Å². The molecule has 1 aromatic rings. The summed E-state index contributed by atoms with van der Waals surface area (Å²) in [5.74, 6) is 0.